The fraction of sp³-hybridized carbons (Fsp3) is 0.778. The number of hydrogen-bond acceptors (Lipinski definition) is 0. The quantitative estimate of drug-likeness (QED) is 0.289. The SMILES string of the molecule is C=C(CCCCCCCCC(=C)C(C)C)C(C)C. The molecule has 0 aromatic carbocycles. The van der Waals surface area contributed by atoms with Gasteiger partial charge in [-0.3, -0.25) is 0 Å². The minimum Gasteiger partial charge on any atom is -0.0996 e. The molecule has 0 aromatic rings. The molecule has 106 valence electrons. The van der Waals surface area contributed by atoms with Crippen LogP contribution in [0.25, 0.3) is 0 Å². The molecule has 0 aliphatic heterocycles. The van der Waals surface area contributed by atoms with Gasteiger partial charge in [0, 0.05) is 0 Å². The van der Waals surface area contributed by atoms with Crippen molar-refractivity contribution in [3.63, 3.8) is 0 Å². The molecule has 0 aromatic heterocycles. The monoisotopic (exact) mass is 250 g/mol. The smallest absolute Gasteiger partial charge is 0.0263 e. The van der Waals surface area contributed by atoms with Gasteiger partial charge in [-0.2, -0.15) is 0 Å². The van der Waals surface area contributed by atoms with Gasteiger partial charge >= 0.3 is 0 Å². The summed E-state index contributed by atoms with van der Waals surface area (Å²) in [6, 6.07) is 0. The van der Waals surface area contributed by atoms with Crippen LogP contribution >= 0.6 is 0 Å². The van der Waals surface area contributed by atoms with E-state index in [0.717, 1.165) is 0 Å². The lowest BCUT2D eigenvalue weighted by molar-refractivity contribution is 0.571. The highest BCUT2D eigenvalue weighted by Gasteiger charge is 2.01. The van der Waals surface area contributed by atoms with Gasteiger partial charge in [0.1, 0.15) is 0 Å². The van der Waals surface area contributed by atoms with Crippen molar-refractivity contribution >= 4 is 0 Å². The summed E-state index contributed by atoms with van der Waals surface area (Å²) in [4.78, 5) is 0. The van der Waals surface area contributed by atoms with Crippen LogP contribution in [0.4, 0.5) is 0 Å². The van der Waals surface area contributed by atoms with Crippen LogP contribution in [0.15, 0.2) is 24.3 Å². The minimum atomic E-state index is 0.659. The van der Waals surface area contributed by atoms with Crippen molar-refractivity contribution < 1.29 is 0 Å². The van der Waals surface area contributed by atoms with Crippen LogP contribution in [-0.4, -0.2) is 0 Å². The highest BCUT2D eigenvalue weighted by Crippen LogP contribution is 2.18. The zero-order valence-corrected chi connectivity index (χ0v) is 13.2. The van der Waals surface area contributed by atoms with Crippen molar-refractivity contribution in [2.45, 2.75) is 79.1 Å². The summed E-state index contributed by atoms with van der Waals surface area (Å²) in [5.74, 6) is 1.32. The third-order valence-electron chi connectivity index (χ3n) is 3.88. The molecule has 0 unspecified atom stereocenters. The Bertz CT molecular complexity index is 206. The summed E-state index contributed by atoms with van der Waals surface area (Å²) in [6.45, 7) is 17.2. The molecule has 0 atom stereocenters. The molecule has 0 heteroatoms. The maximum absolute atomic E-state index is 4.13. The molecule has 0 bridgehead atoms. The van der Waals surface area contributed by atoms with E-state index >= 15 is 0 Å². The lowest BCUT2D eigenvalue weighted by atomic mass is 9.97. The van der Waals surface area contributed by atoms with Crippen LogP contribution in [-0.2, 0) is 0 Å². The number of unbranched alkanes of at least 4 members (excludes halogenated alkanes) is 5. The molecular formula is C18H34. The standard InChI is InChI=1S/C18H34/c1-15(2)17(5)13-11-9-7-8-10-12-14-18(6)16(3)4/h15-16H,5-14H2,1-4H3. The van der Waals surface area contributed by atoms with E-state index in [2.05, 4.69) is 40.9 Å². The minimum absolute atomic E-state index is 0.659. The van der Waals surface area contributed by atoms with E-state index in [9.17, 15) is 0 Å². The molecule has 0 heterocycles. The molecule has 0 nitrogen and oxygen atoms in total. The van der Waals surface area contributed by atoms with Crippen molar-refractivity contribution in [3.8, 4) is 0 Å². The normalized spacial score (nSPS) is 11.2. The van der Waals surface area contributed by atoms with Gasteiger partial charge in [0.15, 0.2) is 0 Å². The Morgan fingerprint density at radius 2 is 0.889 bits per heavy atom. The maximum atomic E-state index is 4.13. The van der Waals surface area contributed by atoms with E-state index in [4.69, 9.17) is 0 Å². The molecule has 0 saturated heterocycles. The predicted molar refractivity (Wildman–Crippen MR) is 84.9 cm³/mol. The van der Waals surface area contributed by atoms with Crippen LogP contribution in [0.2, 0.25) is 0 Å². The summed E-state index contributed by atoms with van der Waals surface area (Å²) < 4.78 is 0. The molecule has 0 saturated carbocycles. The Labute approximate surface area is 116 Å². The summed E-state index contributed by atoms with van der Waals surface area (Å²) >= 11 is 0. The second-order valence-electron chi connectivity index (χ2n) is 6.25. The lowest BCUT2D eigenvalue weighted by Crippen LogP contribution is -1.93. The van der Waals surface area contributed by atoms with Gasteiger partial charge in [-0.1, -0.05) is 77.7 Å². The predicted octanol–water partition coefficient (Wildman–Crippen LogP) is 6.53. The lowest BCUT2D eigenvalue weighted by Gasteiger charge is -2.09. The van der Waals surface area contributed by atoms with E-state index in [-0.39, 0.29) is 0 Å². The van der Waals surface area contributed by atoms with Crippen LogP contribution in [0.1, 0.15) is 79.1 Å². The Balaban J connectivity index is 3.27. The molecule has 0 aliphatic rings. The summed E-state index contributed by atoms with van der Waals surface area (Å²) in [5, 5.41) is 0. The van der Waals surface area contributed by atoms with Gasteiger partial charge in [-0.15, -0.1) is 0 Å². The first-order chi connectivity index (χ1) is 8.45. The van der Waals surface area contributed by atoms with Crippen molar-refractivity contribution in [2.24, 2.45) is 11.8 Å². The highest BCUT2D eigenvalue weighted by molar-refractivity contribution is 4.97. The molecule has 0 N–H and O–H groups in total. The van der Waals surface area contributed by atoms with Crippen molar-refractivity contribution in [2.75, 3.05) is 0 Å². The van der Waals surface area contributed by atoms with Crippen LogP contribution in [0.3, 0.4) is 0 Å². The second kappa shape index (κ2) is 10.4. The Morgan fingerprint density at radius 1 is 0.611 bits per heavy atom. The topological polar surface area (TPSA) is 0 Å². The molecule has 0 amide bonds. The van der Waals surface area contributed by atoms with Crippen LogP contribution < -0.4 is 0 Å². The molecule has 0 spiro atoms. The Hall–Kier alpha value is -0.520. The third-order valence-corrected chi connectivity index (χ3v) is 3.88. The Morgan fingerprint density at radius 3 is 1.17 bits per heavy atom. The van der Waals surface area contributed by atoms with Crippen molar-refractivity contribution in [1.29, 1.82) is 0 Å². The Kier molecular flexibility index (Phi) is 10.1. The number of hydrogen-bond donors (Lipinski definition) is 0. The highest BCUT2D eigenvalue weighted by atomic mass is 14.1. The average Bonchev–Trinajstić information content (AvgIpc) is 2.31. The van der Waals surface area contributed by atoms with E-state index in [0.29, 0.717) is 11.8 Å². The van der Waals surface area contributed by atoms with Gasteiger partial charge in [-0.25, -0.2) is 0 Å². The van der Waals surface area contributed by atoms with Gasteiger partial charge < -0.3 is 0 Å². The van der Waals surface area contributed by atoms with E-state index in [1.165, 1.54) is 62.5 Å². The van der Waals surface area contributed by atoms with Crippen molar-refractivity contribution in [3.05, 3.63) is 24.3 Å². The van der Waals surface area contributed by atoms with Gasteiger partial charge in [0.25, 0.3) is 0 Å². The maximum Gasteiger partial charge on any atom is -0.0263 e. The average molecular weight is 250 g/mol. The summed E-state index contributed by atoms with van der Waals surface area (Å²) in [5.41, 5.74) is 2.84. The van der Waals surface area contributed by atoms with E-state index < -0.39 is 0 Å². The first kappa shape index (κ1) is 17.5. The van der Waals surface area contributed by atoms with Gasteiger partial charge in [-0.05, 0) is 37.5 Å². The fourth-order valence-electron chi connectivity index (χ4n) is 1.99. The molecule has 0 rings (SSSR count). The zero-order chi connectivity index (χ0) is 14.0. The fourth-order valence-corrected chi connectivity index (χ4v) is 1.99. The van der Waals surface area contributed by atoms with Crippen LogP contribution in [0, 0.1) is 11.8 Å². The summed E-state index contributed by atoms with van der Waals surface area (Å²) in [7, 11) is 0. The van der Waals surface area contributed by atoms with Crippen molar-refractivity contribution in [1.82, 2.24) is 0 Å². The molecule has 0 aliphatic carbocycles. The molecule has 0 radical (unpaired) electrons. The summed E-state index contributed by atoms with van der Waals surface area (Å²) in [6.07, 6.45) is 10.6. The first-order valence-electron chi connectivity index (χ1n) is 7.80. The molecule has 18 heavy (non-hydrogen) atoms. The molecule has 0 fully saturated rings. The second-order valence-corrected chi connectivity index (χ2v) is 6.25. The largest absolute Gasteiger partial charge is 0.0996 e. The first-order valence-corrected chi connectivity index (χ1v) is 7.80. The zero-order valence-electron chi connectivity index (χ0n) is 13.2. The van der Waals surface area contributed by atoms with E-state index in [1.807, 2.05) is 0 Å². The van der Waals surface area contributed by atoms with Gasteiger partial charge in [0.2, 0.25) is 0 Å². The third kappa shape index (κ3) is 9.50. The number of rotatable bonds is 11. The molecular weight excluding hydrogens is 216 g/mol. The number of allylic oxidation sites excluding steroid dienone is 2. The van der Waals surface area contributed by atoms with Crippen LogP contribution in [0.5, 0.6) is 0 Å². The van der Waals surface area contributed by atoms with E-state index in [1.54, 1.807) is 0 Å². The van der Waals surface area contributed by atoms with Gasteiger partial charge in [0.05, 0.1) is 0 Å².